The summed E-state index contributed by atoms with van der Waals surface area (Å²) in [5.74, 6) is -0.990. The number of rotatable bonds is 10. The second kappa shape index (κ2) is 10.2. The molecule has 0 amide bonds. The summed E-state index contributed by atoms with van der Waals surface area (Å²) in [5, 5.41) is 18.2. The molecule has 1 aliphatic heterocycles. The summed E-state index contributed by atoms with van der Waals surface area (Å²) >= 11 is 6.60. The van der Waals surface area contributed by atoms with Crippen molar-refractivity contribution in [1.29, 1.82) is 0 Å². The molecule has 1 aromatic heterocycles. The lowest BCUT2D eigenvalue weighted by molar-refractivity contribution is 0.163. The largest absolute Gasteiger partial charge is 0.390 e. The predicted octanol–water partition coefficient (Wildman–Crippen LogP) is 1.99. The molecule has 2 atom stereocenters. The van der Waals surface area contributed by atoms with Gasteiger partial charge in [-0.25, -0.2) is 17.8 Å². The summed E-state index contributed by atoms with van der Waals surface area (Å²) in [6, 6.07) is 2.06. The van der Waals surface area contributed by atoms with Crippen LogP contribution in [0.2, 0.25) is 5.02 Å². The van der Waals surface area contributed by atoms with Crippen molar-refractivity contribution in [3.8, 4) is 0 Å². The molecule has 0 saturated carbocycles. The first kappa shape index (κ1) is 23.1. The minimum Gasteiger partial charge on any atom is -0.390 e. The van der Waals surface area contributed by atoms with E-state index in [1.165, 1.54) is 0 Å². The van der Waals surface area contributed by atoms with Crippen molar-refractivity contribution in [2.45, 2.75) is 29.9 Å². The molecule has 166 valence electrons. The monoisotopic (exact) mass is 481 g/mol. The number of β-amino-alcohol motifs (C(OH)–C–C–N with tert-alkyl or cyclic N) is 1. The van der Waals surface area contributed by atoms with Crippen molar-refractivity contribution in [3.63, 3.8) is 0 Å². The van der Waals surface area contributed by atoms with Crippen molar-refractivity contribution < 1.29 is 22.3 Å². The van der Waals surface area contributed by atoms with Crippen LogP contribution in [0.25, 0.3) is 0 Å². The van der Waals surface area contributed by atoms with Crippen LogP contribution < -0.4 is 20.7 Å². The standard InChI is InChI=1S/C17H22ClF2N5O3S2/c18-10-5-15(30(27,28)25-17-24-9-16(20)29-17)11(19)6-12(10)22-3-1-2-4-23-13-7-21-8-14(13)26/h5-6,9,13-14,21-23,26H,1-4,7-8H2,(H,24,25)/t13-,14-/m0/s1. The molecule has 5 N–H and O–H groups in total. The van der Waals surface area contributed by atoms with E-state index in [9.17, 15) is 22.3 Å². The Morgan fingerprint density at radius 3 is 2.70 bits per heavy atom. The Bertz CT molecular complexity index is 976. The maximum atomic E-state index is 14.4. The van der Waals surface area contributed by atoms with Gasteiger partial charge in [-0.05, 0) is 31.5 Å². The number of aliphatic hydroxyl groups is 1. The lowest BCUT2D eigenvalue weighted by Gasteiger charge is -2.15. The Labute approximate surface area is 182 Å². The smallest absolute Gasteiger partial charge is 0.266 e. The van der Waals surface area contributed by atoms with Gasteiger partial charge in [0.15, 0.2) is 10.3 Å². The van der Waals surface area contributed by atoms with Crippen LogP contribution in [0.3, 0.4) is 0 Å². The van der Waals surface area contributed by atoms with E-state index in [4.69, 9.17) is 11.6 Å². The molecule has 0 bridgehead atoms. The van der Waals surface area contributed by atoms with E-state index in [0.29, 0.717) is 24.4 Å². The van der Waals surface area contributed by atoms with Gasteiger partial charge in [-0.2, -0.15) is 4.39 Å². The number of nitrogens with zero attached hydrogens (tertiary/aromatic N) is 1. The Morgan fingerprint density at radius 2 is 2.03 bits per heavy atom. The first-order valence-corrected chi connectivity index (χ1v) is 11.9. The molecule has 1 saturated heterocycles. The number of aliphatic hydroxyl groups excluding tert-OH is 1. The van der Waals surface area contributed by atoms with Gasteiger partial charge in [-0.1, -0.05) is 22.9 Å². The summed E-state index contributed by atoms with van der Waals surface area (Å²) in [7, 11) is -4.30. The summed E-state index contributed by atoms with van der Waals surface area (Å²) in [5.41, 5.74) is 0.275. The number of unbranched alkanes of at least 4 members (excludes halogenated alkanes) is 1. The van der Waals surface area contributed by atoms with E-state index >= 15 is 0 Å². The van der Waals surface area contributed by atoms with Crippen LogP contribution in [0.4, 0.5) is 19.6 Å². The van der Waals surface area contributed by atoms with E-state index in [2.05, 4.69) is 20.9 Å². The van der Waals surface area contributed by atoms with E-state index < -0.39 is 25.9 Å². The van der Waals surface area contributed by atoms with Gasteiger partial charge in [0, 0.05) is 25.7 Å². The van der Waals surface area contributed by atoms with Gasteiger partial charge >= 0.3 is 0 Å². The third-order valence-corrected chi connectivity index (χ3v) is 7.02. The highest BCUT2D eigenvalue weighted by Crippen LogP contribution is 2.29. The van der Waals surface area contributed by atoms with Gasteiger partial charge in [-0.3, -0.25) is 4.72 Å². The highest BCUT2D eigenvalue weighted by atomic mass is 35.5. The molecule has 1 fully saturated rings. The molecular formula is C17H22ClF2N5O3S2. The van der Waals surface area contributed by atoms with Crippen LogP contribution in [0.1, 0.15) is 12.8 Å². The lowest BCUT2D eigenvalue weighted by atomic mass is 10.2. The highest BCUT2D eigenvalue weighted by molar-refractivity contribution is 7.93. The lowest BCUT2D eigenvalue weighted by Crippen LogP contribution is -2.39. The van der Waals surface area contributed by atoms with Crippen LogP contribution in [0.5, 0.6) is 0 Å². The topological polar surface area (TPSA) is 115 Å². The van der Waals surface area contributed by atoms with Crippen LogP contribution in [0, 0.1) is 10.9 Å². The fraction of sp³-hybridized carbons (Fsp3) is 0.471. The summed E-state index contributed by atoms with van der Waals surface area (Å²) < 4.78 is 54.1. The molecule has 2 aromatic rings. The molecule has 0 aliphatic carbocycles. The normalized spacial score (nSPS) is 19.2. The maximum absolute atomic E-state index is 14.4. The average molecular weight is 482 g/mol. The zero-order chi connectivity index (χ0) is 21.7. The Morgan fingerprint density at radius 1 is 1.27 bits per heavy atom. The number of hydrogen-bond acceptors (Lipinski definition) is 8. The Balaban J connectivity index is 1.51. The van der Waals surface area contributed by atoms with Crippen molar-refractivity contribution in [2.24, 2.45) is 0 Å². The quantitative estimate of drug-likeness (QED) is 0.330. The first-order chi connectivity index (χ1) is 14.3. The zero-order valence-electron chi connectivity index (χ0n) is 15.8. The molecule has 0 spiro atoms. The highest BCUT2D eigenvalue weighted by Gasteiger charge is 2.24. The minimum absolute atomic E-state index is 0.0420. The van der Waals surface area contributed by atoms with Crippen molar-refractivity contribution in [2.75, 3.05) is 36.2 Å². The van der Waals surface area contributed by atoms with Gasteiger partial charge < -0.3 is 21.1 Å². The van der Waals surface area contributed by atoms with Crippen LogP contribution in [-0.2, 0) is 10.0 Å². The summed E-state index contributed by atoms with van der Waals surface area (Å²) in [6.45, 7) is 2.56. The van der Waals surface area contributed by atoms with E-state index in [0.717, 1.165) is 44.3 Å². The summed E-state index contributed by atoms with van der Waals surface area (Å²) in [4.78, 5) is 2.90. The predicted molar refractivity (Wildman–Crippen MR) is 113 cm³/mol. The molecule has 8 nitrogen and oxygen atoms in total. The average Bonchev–Trinajstić information content (AvgIpc) is 3.27. The second-order valence-electron chi connectivity index (χ2n) is 6.76. The molecule has 30 heavy (non-hydrogen) atoms. The van der Waals surface area contributed by atoms with Crippen molar-refractivity contribution >= 4 is 43.8 Å². The number of nitrogens with one attached hydrogen (secondary N) is 4. The first-order valence-electron chi connectivity index (χ1n) is 9.25. The second-order valence-corrected chi connectivity index (χ2v) is 9.80. The van der Waals surface area contributed by atoms with Crippen LogP contribution in [0.15, 0.2) is 23.2 Å². The third kappa shape index (κ3) is 5.99. The van der Waals surface area contributed by atoms with E-state index in [-0.39, 0.29) is 28.0 Å². The van der Waals surface area contributed by atoms with Crippen molar-refractivity contribution in [1.82, 2.24) is 15.6 Å². The van der Waals surface area contributed by atoms with Gasteiger partial charge in [0.1, 0.15) is 10.7 Å². The molecular weight excluding hydrogens is 460 g/mol. The molecule has 0 unspecified atom stereocenters. The van der Waals surface area contributed by atoms with Gasteiger partial charge in [0.2, 0.25) is 0 Å². The maximum Gasteiger partial charge on any atom is 0.266 e. The number of hydrogen-bond donors (Lipinski definition) is 5. The van der Waals surface area contributed by atoms with Crippen LogP contribution >= 0.6 is 22.9 Å². The number of anilines is 2. The third-order valence-electron chi connectivity index (χ3n) is 4.52. The minimum atomic E-state index is -4.30. The molecule has 2 heterocycles. The fourth-order valence-electron chi connectivity index (χ4n) is 2.98. The molecule has 0 radical (unpaired) electrons. The summed E-state index contributed by atoms with van der Waals surface area (Å²) in [6.07, 6.45) is 2.07. The Kier molecular flexibility index (Phi) is 7.82. The van der Waals surface area contributed by atoms with Gasteiger partial charge in [0.05, 0.1) is 23.0 Å². The van der Waals surface area contributed by atoms with Crippen molar-refractivity contribution in [3.05, 3.63) is 34.3 Å². The molecule has 3 rings (SSSR count). The molecule has 1 aromatic carbocycles. The van der Waals surface area contributed by atoms with Crippen LogP contribution in [-0.4, -0.2) is 56.8 Å². The van der Waals surface area contributed by atoms with E-state index in [1.54, 1.807) is 0 Å². The fourth-order valence-corrected chi connectivity index (χ4v) is 5.14. The molecule has 1 aliphatic rings. The van der Waals surface area contributed by atoms with Gasteiger partial charge in [0.25, 0.3) is 10.0 Å². The molecule has 13 heteroatoms. The number of thiazole rings is 1. The zero-order valence-corrected chi connectivity index (χ0v) is 18.2. The number of aromatic nitrogens is 1. The van der Waals surface area contributed by atoms with Gasteiger partial charge in [-0.15, -0.1) is 0 Å². The number of sulfonamides is 1. The number of halogens is 3. The number of benzene rings is 1. The SMILES string of the molecule is O=S(=O)(Nc1ncc(F)s1)c1cc(Cl)c(NCCCCN[C@H]2CNC[C@@H]2O)cc1F. The van der Waals surface area contributed by atoms with E-state index in [1.807, 2.05) is 4.72 Å². The Hall–Kier alpha value is -1.57.